The SMILES string of the molecule is CNc1nc(Br)c(CCc2cccs2)s1. The molecule has 0 amide bonds. The molecule has 5 heteroatoms. The van der Waals surface area contributed by atoms with Crippen LogP contribution in [0.15, 0.2) is 22.1 Å². The van der Waals surface area contributed by atoms with Crippen molar-refractivity contribution in [1.29, 1.82) is 0 Å². The lowest BCUT2D eigenvalue weighted by atomic mass is 10.2. The lowest BCUT2D eigenvalue weighted by Gasteiger charge is -1.95. The molecule has 0 radical (unpaired) electrons. The Labute approximate surface area is 106 Å². The van der Waals surface area contributed by atoms with E-state index in [1.165, 1.54) is 9.75 Å². The molecule has 15 heavy (non-hydrogen) atoms. The molecule has 0 aliphatic carbocycles. The van der Waals surface area contributed by atoms with E-state index in [0.717, 1.165) is 22.6 Å². The first-order chi connectivity index (χ1) is 7.29. The topological polar surface area (TPSA) is 24.9 Å². The van der Waals surface area contributed by atoms with Crippen LogP contribution < -0.4 is 5.32 Å². The molecule has 2 aromatic rings. The van der Waals surface area contributed by atoms with E-state index in [1.54, 1.807) is 11.3 Å². The third-order valence-electron chi connectivity index (χ3n) is 2.04. The lowest BCUT2D eigenvalue weighted by Crippen LogP contribution is -1.85. The molecule has 0 aliphatic heterocycles. The summed E-state index contributed by atoms with van der Waals surface area (Å²) >= 11 is 7.02. The van der Waals surface area contributed by atoms with Crippen molar-refractivity contribution >= 4 is 43.7 Å². The van der Waals surface area contributed by atoms with Gasteiger partial charge in [0.05, 0.1) is 0 Å². The predicted octanol–water partition coefficient (Wildman–Crippen LogP) is 3.79. The van der Waals surface area contributed by atoms with E-state index in [1.807, 2.05) is 18.4 Å². The summed E-state index contributed by atoms with van der Waals surface area (Å²) in [6, 6.07) is 4.28. The molecule has 2 heterocycles. The number of thiazole rings is 1. The Balaban J connectivity index is 2.01. The van der Waals surface area contributed by atoms with E-state index in [2.05, 4.69) is 43.7 Å². The molecule has 2 rings (SSSR count). The zero-order valence-corrected chi connectivity index (χ0v) is 11.5. The van der Waals surface area contributed by atoms with Gasteiger partial charge in [-0.25, -0.2) is 4.98 Å². The normalized spacial score (nSPS) is 10.5. The fourth-order valence-corrected chi connectivity index (χ4v) is 3.54. The number of aromatic nitrogens is 1. The summed E-state index contributed by atoms with van der Waals surface area (Å²) in [5.74, 6) is 0. The Morgan fingerprint density at radius 1 is 1.47 bits per heavy atom. The summed E-state index contributed by atoms with van der Waals surface area (Å²) in [6.07, 6.45) is 2.15. The lowest BCUT2D eigenvalue weighted by molar-refractivity contribution is 0.991. The third kappa shape index (κ3) is 2.80. The zero-order valence-electron chi connectivity index (χ0n) is 8.29. The average Bonchev–Trinajstić information content (AvgIpc) is 2.84. The van der Waals surface area contributed by atoms with Crippen molar-refractivity contribution in [3.63, 3.8) is 0 Å². The summed E-state index contributed by atoms with van der Waals surface area (Å²) in [7, 11) is 1.90. The summed E-state index contributed by atoms with van der Waals surface area (Å²) in [4.78, 5) is 7.10. The molecule has 0 aromatic carbocycles. The highest BCUT2D eigenvalue weighted by molar-refractivity contribution is 9.10. The van der Waals surface area contributed by atoms with Crippen LogP contribution in [0.25, 0.3) is 0 Å². The van der Waals surface area contributed by atoms with Gasteiger partial charge >= 0.3 is 0 Å². The van der Waals surface area contributed by atoms with Crippen LogP contribution in [0.5, 0.6) is 0 Å². The molecule has 0 fully saturated rings. The molecule has 2 nitrogen and oxygen atoms in total. The van der Waals surface area contributed by atoms with E-state index in [-0.39, 0.29) is 0 Å². The monoisotopic (exact) mass is 302 g/mol. The largest absolute Gasteiger partial charge is 0.365 e. The number of nitrogens with zero attached hydrogens (tertiary/aromatic N) is 1. The second-order valence-corrected chi connectivity index (χ2v) is 5.93. The summed E-state index contributed by atoms with van der Waals surface area (Å²) in [6.45, 7) is 0. The van der Waals surface area contributed by atoms with E-state index in [0.29, 0.717) is 0 Å². The number of nitrogens with one attached hydrogen (secondary N) is 1. The van der Waals surface area contributed by atoms with Crippen molar-refractivity contribution in [3.8, 4) is 0 Å². The van der Waals surface area contributed by atoms with Crippen LogP contribution in [0.1, 0.15) is 9.75 Å². The van der Waals surface area contributed by atoms with E-state index in [4.69, 9.17) is 0 Å². The van der Waals surface area contributed by atoms with Gasteiger partial charge in [-0.15, -0.1) is 22.7 Å². The highest BCUT2D eigenvalue weighted by Crippen LogP contribution is 2.28. The number of aryl methyl sites for hydroxylation is 2. The highest BCUT2D eigenvalue weighted by atomic mass is 79.9. The molecule has 0 saturated heterocycles. The van der Waals surface area contributed by atoms with Gasteiger partial charge in [0.15, 0.2) is 5.13 Å². The van der Waals surface area contributed by atoms with Gasteiger partial charge in [0.2, 0.25) is 0 Å². The summed E-state index contributed by atoms with van der Waals surface area (Å²) < 4.78 is 0.980. The maximum Gasteiger partial charge on any atom is 0.183 e. The van der Waals surface area contributed by atoms with E-state index >= 15 is 0 Å². The summed E-state index contributed by atoms with van der Waals surface area (Å²) in [5, 5.41) is 6.16. The zero-order chi connectivity index (χ0) is 10.7. The molecule has 0 aliphatic rings. The first kappa shape index (κ1) is 11.1. The predicted molar refractivity (Wildman–Crippen MR) is 71.1 cm³/mol. The summed E-state index contributed by atoms with van der Waals surface area (Å²) in [5.41, 5.74) is 0. The molecule has 0 atom stereocenters. The molecular weight excluding hydrogens is 292 g/mol. The van der Waals surface area contributed by atoms with Gasteiger partial charge in [-0.05, 0) is 40.2 Å². The quantitative estimate of drug-likeness (QED) is 0.929. The highest BCUT2D eigenvalue weighted by Gasteiger charge is 2.07. The number of rotatable bonds is 4. The number of hydrogen-bond donors (Lipinski definition) is 1. The maximum atomic E-state index is 4.36. The van der Waals surface area contributed by atoms with Gasteiger partial charge in [0.25, 0.3) is 0 Å². The smallest absolute Gasteiger partial charge is 0.183 e. The Kier molecular flexibility index (Phi) is 3.77. The minimum atomic E-state index is 0.975. The van der Waals surface area contributed by atoms with Crippen LogP contribution in [0.2, 0.25) is 0 Å². The van der Waals surface area contributed by atoms with Gasteiger partial charge in [0.1, 0.15) is 4.60 Å². The first-order valence-electron chi connectivity index (χ1n) is 4.65. The molecule has 80 valence electrons. The molecule has 0 spiro atoms. The van der Waals surface area contributed by atoms with Crippen LogP contribution in [-0.4, -0.2) is 12.0 Å². The van der Waals surface area contributed by atoms with Crippen LogP contribution in [0.4, 0.5) is 5.13 Å². The molecule has 1 N–H and O–H groups in total. The molecular formula is C10H11BrN2S2. The van der Waals surface area contributed by atoms with Crippen LogP contribution in [0.3, 0.4) is 0 Å². The molecule has 0 bridgehead atoms. The van der Waals surface area contributed by atoms with Crippen molar-refractivity contribution in [1.82, 2.24) is 4.98 Å². The van der Waals surface area contributed by atoms with Crippen molar-refractivity contribution in [3.05, 3.63) is 31.9 Å². The second-order valence-electron chi connectivity index (χ2n) is 3.06. The minimum Gasteiger partial charge on any atom is -0.365 e. The van der Waals surface area contributed by atoms with E-state index < -0.39 is 0 Å². The number of anilines is 1. The average molecular weight is 303 g/mol. The van der Waals surface area contributed by atoms with Gasteiger partial charge in [0, 0.05) is 16.8 Å². The Morgan fingerprint density at radius 3 is 2.93 bits per heavy atom. The third-order valence-corrected chi connectivity index (χ3v) is 5.03. The molecule has 0 saturated carbocycles. The van der Waals surface area contributed by atoms with Crippen molar-refractivity contribution in [2.24, 2.45) is 0 Å². The molecule has 0 unspecified atom stereocenters. The van der Waals surface area contributed by atoms with Crippen LogP contribution >= 0.6 is 38.6 Å². The first-order valence-corrected chi connectivity index (χ1v) is 7.14. The van der Waals surface area contributed by atoms with Crippen molar-refractivity contribution < 1.29 is 0 Å². The maximum absolute atomic E-state index is 4.36. The fraction of sp³-hybridized carbons (Fsp3) is 0.300. The van der Waals surface area contributed by atoms with Crippen molar-refractivity contribution in [2.45, 2.75) is 12.8 Å². The minimum absolute atomic E-state index is 0.975. The standard InChI is InChI=1S/C10H11BrN2S2/c1-12-10-13-9(11)8(15-10)5-4-7-3-2-6-14-7/h2-3,6H,4-5H2,1H3,(H,12,13). The Hall–Kier alpha value is -0.390. The Bertz CT molecular complexity index is 423. The number of thiophene rings is 1. The Morgan fingerprint density at radius 2 is 2.33 bits per heavy atom. The van der Waals surface area contributed by atoms with Crippen LogP contribution in [0, 0.1) is 0 Å². The number of halogens is 1. The van der Waals surface area contributed by atoms with Gasteiger partial charge < -0.3 is 5.32 Å². The fourth-order valence-electron chi connectivity index (χ4n) is 1.29. The van der Waals surface area contributed by atoms with Crippen molar-refractivity contribution in [2.75, 3.05) is 12.4 Å². The number of hydrogen-bond acceptors (Lipinski definition) is 4. The van der Waals surface area contributed by atoms with Gasteiger partial charge in [-0.2, -0.15) is 0 Å². The molecule has 2 aromatic heterocycles. The second kappa shape index (κ2) is 5.09. The van der Waals surface area contributed by atoms with Gasteiger partial charge in [-0.1, -0.05) is 6.07 Å². The van der Waals surface area contributed by atoms with Gasteiger partial charge in [-0.3, -0.25) is 0 Å². The van der Waals surface area contributed by atoms with Crippen LogP contribution in [-0.2, 0) is 12.8 Å². The van der Waals surface area contributed by atoms with E-state index in [9.17, 15) is 0 Å².